The van der Waals surface area contributed by atoms with Gasteiger partial charge in [0.1, 0.15) is 0 Å². The molecule has 0 aliphatic heterocycles. The molecule has 0 fully saturated rings. The van der Waals surface area contributed by atoms with Crippen molar-refractivity contribution in [2.75, 3.05) is 6.54 Å². The van der Waals surface area contributed by atoms with E-state index in [0.29, 0.717) is 25.8 Å². The summed E-state index contributed by atoms with van der Waals surface area (Å²) >= 11 is 0. The van der Waals surface area contributed by atoms with Crippen molar-refractivity contribution in [3.63, 3.8) is 0 Å². The van der Waals surface area contributed by atoms with Crippen LogP contribution in [0.1, 0.15) is 24.8 Å². The molecule has 1 aromatic heterocycles. The van der Waals surface area contributed by atoms with Gasteiger partial charge in [0.15, 0.2) is 0 Å². The van der Waals surface area contributed by atoms with Crippen LogP contribution in [0.2, 0.25) is 0 Å². The number of hydrogen-bond donors (Lipinski definition) is 2. The molecule has 0 aliphatic rings. The van der Waals surface area contributed by atoms with E-state index in [-0.39, 0.29) is 0 Å². The van der Waals surface area contributed by atoms with Crippen molar-refractivity contribution >= 4 is 14.7 Å². The molecular formula is C13H19N2O4P. The van der Waals surface area contributed by atoms with Gasteiger partial charge in [0.2, 0.25) is 0 Å². The summed E-state index contributed by atoms with van der Waals surface area (Å²) in [5.74, 6) is -1.64. The van der Waals surface area contributed by atoms with Crippen molar-refractivity contribution < 1.29 is 19.0 Å². The topological polar surface area (TPSA) is 103 Å². The van der Waals surface area contributed by atoms with Gasteiger partial charge in [-0.3, -0.25) is 14.3 Å². The highest BCUT2D eigenvalue weighted by atomic mass is 31.1. The van der Waals surface area contributed by atoms with E-state index in [4.69, 9.17) is 10.3 Å². The normalized spacial score (nSPS) is 14.1. The standard InChI is InChI=1S/C13H19N2O4P/c14-7-4-12(19-20-18)11(13(16)17)3-1-2-10-5-8-15-9-6-10/h5-6,8-9,11-12H,1-4,7,14H2,(H,16,17). The van der Waals surface area contributed by atoms with Crippen LogP contribution in [0.5, 0.6) is 0 Å². The Hall–Kier alpha value is -1.36. The van der Waals surface area contributed by atoms with Gasteiger partial charge in [-0.25, -0.2) is 4.57 Å². The van der Waals surface area contributed by atoms with Crippen LogP contribution in [0.4, 0.5) is 0 Å². The largest absolute Gasteiger partial charge is 0.481 e. The number of carboxylic acids is 1. The average Bonchev–Trinajstić information content (AvgIpc) is 2.44. The lowest BCUT2D eigenvalue weighted by Crippen LogP contribution is -2.31. The SMILES string of the molecule is NCCC(OP=O)C(CCCc1ccncc1)C(=O)O. The van der Waals surface area contributed by atoms with Crippen molar-refractivity contribution in [1.82, 2.24) is 4.98 Å². The van der Waals surface area contributed by atoms with Gasteiger partial charge >= 0.3 is 14.7 Å². The highest BCUT2D eigenvalue weighted by Gasteiger charge is 2.28. The number of aliphatic carboxylic acids is 1. The van der Waals surface area contributed by atoms with Crippen molar-refractivity contribution in [3.8, 4) is 0 Å². The molecule has 0 bridgehead atoms. The lowest BCUT2D eigenvalue weighted by Gasteiger charge is -2.20. The van der Waals surface area contributed by atoms with Gasteiger partial charge in [0, 0.05) is 12.4 Å². The molecule has 0 aromatic carbocycles. The molecular weight excluding hydrogens is 279 g/mol. The summed E-state index contributed by atoms with van der Waals surface area (Å²) in [4.78, 5) is 15.2. The third-order valence-corrected chi connectivity index (χ3v) is 3.48. The summed E-state index contributed by atoms with van der Waals surface area (Å²) in [6.07, 6.45) is 5.12. The first-order chi connectivity index (χ1) is 9.69. The number of carbonyl (C=O) groups is 1. The van der Waals surface area contributed by atoms with Gasteiger partial charge in [-0.15, -0.1) is 0 Å². The van der Waals surface area contributed by atoms with Crippen LogP contribution in [0.3, 0.4) is 0 Å². The van der Waals surface area contributed by atoms with Gasteiger partial charge in [0.05, 0.1) is 12.0 Å². The maximum atomic E-state index is 11.3. The lowest BCUT2D eigenvalue weighted by atomic mass is 9.93. The van der Waals surface area contributed by atoms with Crippen molar-refractivity contribution in [3.05, 3.63) is 30.1 Å². The summed E-state index contributed by atoms with van der Waals surface area (Å²) in [6.45, 7) is 0.300. The van der Waals surface area contributed by atoms with E-state index in [9.17, 15) is 14.5 Å². The molecule has 6 nitrogen and oxygen atoms in total. The van der Waals surface area contributed by atoms with E-state index in [1.807, 2.05) is 12.1 Å². The Bertz CT molecular complexity index is 416. The van der Waals surface area contributed by atoms with Crippen molar-refractivity contribution in [2.45, 2.75) is 31.8 Å². The van der Waals surface area contributed by atoms with Crippen molar-refractivity contribution in [2.24, 2.45) is 11.7 Å². The minimum Gasteiger partial charge on any atom is -0.481 e. The van der Waals surface area contributed by atoms with E-state index in [1.54, 1.807) is 12.4 Å². The van der Waals surface area contributed by atoms with E-state index < -0.39 is 26.7 Å². The molecule has 0 radical (unpaired) electrons. The molecule has 1 aromatic rings. The van der Waals surface area contributed by atoms with Gasteiger partial charge in [0.25, 0.3) is 0 Å². The first kappa shape index (κ1) is 16.7. The molecule has 0 amide bonds. The van der Waals surface area contributed by atoms with Crippen LogP contribution < -0.4 is 5.73 Å². The molecule has 2 atom stereocenters. The maximum Gasteiger partial charge on any atom is 0.327 e. The number of hydrogen-bond acceptors (Lipinski definition) is 5. The zero-order chi connectivity index (χ0) is 14.8. The van der Waals surface area contributed by atoms with Crippen LogP contribution in [0.15, 0.2) is 24.5 Å². The molecule has 0 saturated carbocycles. The zero-order valence-electron chi connectivity index (χ0n) is 11.1. The first-order valence-electron chi connectivity index (χ1n) is 6.49. The monoisotopic (exact) mass is 298 g/mol. The summed E-state index contributed by atoms with van der Waals surface area (Å²) in [5, 5.41) is 9.26. The number of aromatic nitrogens is 1. The van der Waals surface area contributed by atoms with E-state index in [0.717, 1.165) is 12.0 Å². The molecule has 0 saturated heterocycles. The van der Waals surface area contributed by atoms with Gasteiger partial charge < -0.3 is 10.8 Å². The molecule has 3 N–H and O–H groups in total. The molecule has 7 heteroatoms. The van der Waals surface area contributed by atoms with E-state index in [2.05, 4.69) is 4.98 Å². The molecule has 0 aliphatic carbocycles. The van der Waals surface area contributed by atoms with E-state index in [1.165, 1.54) is 0 Å². The number of carboxylic acid groups (broad SMARTS) is 1. The van der Waals surface area contributed by atoms with Gasteiger partial charge in [-0.1, -0.05) is 0 Å². The fourth-order valence-corrected chi connectivity index (χ4v) is 2.45. The second-order valence-electron chi connectivity index (χ2n) is 4.49. The number of aryl methyl sites for hydroxylation is 1. The number of pyridine rings is 1. The lowest BCUT2D eigenvalue weighted by molar-refractivity contribution is -0.145. The fraction of sp³-hybridized carbons (Fsp3) is 0.538. The Morgan fingerprint density at radius 2 is 2.10 bits per heavy atom. The number of nitrogens with two attached hydrogens (primary N) is 1. The minimum atomic E-state index is -0.943. The van der Waals surface area contributed by atoms with E-state index >= 15 is 0 Å². The molecule has 110 valence electrons. The predicted molar refractivity (Wildman–Crippen MR) is 74.5 cm³/mol. The van der Waals surface area contributed by atoms with Gasteiger partial charge in [-0.2, -0.15) is 0 Å². The zero-order valence-corrected chi connectivity index (χ0v) is 12.0. The van der Waals surface area contributed by atoms with Crippen LogP contribution >= 0.6 is 8.69 Å². The molecule has 1 rings (SSSR count). The molecule has 2 unspecified atom stereocenters. The summed E-state index contributed by atoms with van der Waals surface area (Å²) < 4.78 is 15.5. The highest BCUT2D eigenvalue weighted by molar-refractivity contribution is 7.17. The van der Waals surface area contributed by atoms with Crippen LogP contribution in [-0.4, -0.2) is 28.7 Å². The summed E-state index contributed by atoms with van der Waals surface area (Å²) in [7, 11) is -0.509. The second-order valence-corrected chi connectivity index (χ2v) is 4.85. The Morgan fingerprint density at radius 3 is 2.65 bits per heavy atom. The molecule has 1 heterocycles. The molecule has 0 spiro atoms. The average molecular weight is 298 g/mol. The first-order valence-corrected chi connectivity index (χ1v) is 7.22. The minimum absolute atomic E-state index is 0.300. The highest BCUT2D eigenvalue weighted by Crippen LogP contribution is 2.22. The Kier molecular flexibility index (Phi) is 7.95. The van der Waals surface area contributed by atoms with Gasteiger partial charge in [-0.05, 0) is 49.9 Å². The predicted octanol–water partition coefficient (Wildman–Crippen LogP) is 2.05. The number of nitrogens with zero attached hydrogens (tertiary/aromatic N) is 1. The third-order valence-electron chi connectivity index (χ3n) is 3.13. The third kappa shape index (κ3) is 5.74. The molecule has 20 heavy (non-hydrogen) atoms. The van der Waals surface area contributed by atoms with Crippen LogP contribution in [0.25, 0.3) is 0 Å². The Morgan fingerprint density at radius 1 is 1.40 bits per heavy atom. The smallest absolute Gasteiger partial charge is 0.327 e. The van der Waals surface area contributed by atoms with Crippen LogP contribution in [-0.2, 0) is 20.3 Å². The quantitative estimate of drug-likeness (QED) is 0.641. The summed E-state index contributed by atoms with van der Waals surface area (Å²) in [6, 6.07) is 3.81. The fourth-order valence-electron chi connectivity index (χ4n) is 2.09. The maximum absolute atomic E-state index is 11.3. The Labute approximate surface area is 119 Å². The number of rotatable bonds is 10. The van der Waals surface area contributed by atoms with Crippen LogP contribution in [0, 0.1) is 5.92 Å². The Balaban J connectivity index is 2.53. The van der Waals surface area contributed by atoms with Crippen molar-refractivity contribution in [1.29, 1.82) is 0 Å². The summed E-state index contributed by atoms with van der Waals surface area (Å²) in [5.41, 5.74) is 6.55. The second kappa shape index (κ2) is 9.53.